The van der Waals surface area contributed by atoms with Gasteiger partial charge in [-0.25, -0.2) is 4.42 Å². The summed E-state index contributed by atoms with van der Waals surface area (Å²) in [6, 6.07) is 6.34. The van der Waals surface area contributed by atoms with Crippen LogP contribution in [0.5, 0.6) is 23.0 Å². The zero-order chi connectivity index (χ0) is 24.5. The number of hydrogen-bond donors (Lipinski definition) is 0. The number of halogens is 2. The first-order valence-corrected chi connectivity index (χ1v) is 10.7. The molecule has 178 valence electrons. The van der Waals surface area contributed by atoms with Crippen molar-refractivity contribution < 1.29 is 28.5 Å². The van der Waals surface area contributed by atoms with E-state index in [1.807, 2.05) is 6.92 Å². The number of Topliss-reactive ketones (excluding diaryl/α,β-unsaturated/α-hetero) is 1. The number of carbonyl (C=O) groups excluding carboxylic acids is 2. The van der Waals surface area contributed by atoms with E-state index in [0.717, 1.165) is 4.42 Å². The van der Waals surface area contributed by atoms with E-state index in [0.29, 0.717) is 24.7 Å². The number of benzene rings is 2. The van der Waals surface area contributed by atoms with Gasteiger partial charge in [-0.3, -0.25) is 9.59 Å². The van der Waals surface area contributed by atoms with Gasteiger partial charge in [0, 0.05) is 17.8 Å². The molecule has 0 spiro atoms. The first-order chi connectivity index (χ1) is 15.8. The van der Waals surface area contributed by atoms with Gasteiger partial charge in [0.25, 0.3) is 5.91 Å². The molecule has 0 aromatic heterocycles. The normalized spacial score (nSPS) is 11.7. The van der Waals surface area contributed by atoms with Gasteiger partial charge in [-0.05, 0) is 45.0 Å². The summed E-state index contributed by atoms with van der Waals surface area (Å²) in [5.41, 5.74) is 0.443. The number of rotatable bonds is 11. The number of amides is 1. The highest BCUT2D eigenvalue weighted by molar-refractivity contribution is 6.39. The lowest BCUT2D eigenvalue weighted by atomic mass is 10.2. The van der Waals surface area contributed by atoms with Crippen molar-refractivity contribution in [3.8, 4) is 23.0 Å². The Balaban J connectivity index is 2.39. The highest BCUT2D eigenvalue weighted by atomic mass is 35.5. The van der Waals surface area contributed by atoms with Crippen LogP contribution in [0.25, 0.3) is 0 Å². The van der Waals surface area contributed by atoms with Gasteiger partial charge in [-0.15, -0.1) is 0 Å². The number of carbonyl (C=O) groups is 2. The standard InChI is InChI=1S/C22H25Cl2N3O6/c1-6-32-17-11-9-15(21(19(17)23)33-7-2)25-26-20(13(3)28)22(29)27(24)16-10-8-14(30-4)12-18(16)31-5/h8-12,20H,6-7H2,1-5H3. The quantitative estimate of drug-likeness (QED) is 0.234. The molecule has 0 N–H and O–H groups in total. The average molecular weight is 498 g/mol. The summed E-state index contributed by atoms with van der Waals surface area (Å²) in [6.07, 6.45) is 0. The van der Waals surface area contributed by atoms with Crippen molar-refractivity contribution >= 4 is 46.4 Å². The molecule has 0 aliphatic carbocycles. The predicted molar refractivity (Wildman–Crippen MR) is 126 cm³/mol. The van der Waals surface area contributed by atoms with Crippen LogP contribution in [0.4, 0.5) is 11.4 Å². The van der Waals surface area contributed by atoms with E-state index in [9.17, 15) is 9.59 Å². The molecule has 11 heteroatoms. The second-order valence-corrected chi connectivity index (χ2v) is 7.19. The summed E-state index contributed by atoms with van der Waals surface area (Å²) in [7, 11) is 2.91. The molecule has 0 saturated heterocycles. The van der Waals surface area contributed by atoms with Crippen LogP contribution in [-0.4, -0.2) is 45.2 Å². The molecule has 33 heavy (non-hydrogen) atoms. The maximum atomic E-state index is 13.0. The van der Waals surface area contributed by atoms with Crippen LogP contribution in [0, 0.1) is 0 Å². The Kier molecular flexibility index (Phi) is 9.74. The van der Waals surface area contributed by atoms with Crippen molar-refractivity contribution in [2.75, 3.05) is 31.9 Å². The molecule has 0 saturated carbocycles. The Morgan fingerprint density at radius 1 is 1.03 bits per heavy atom. The number of azo groups is 1. The number of ether oxygens (including phenoxy) is 4. The van der Waals surface area contributed by atoms with Gasteiger partial charge in [-0.1, -0.05) is 11.6 Å². The molecule has 2 aromatic carbocycles. The average Bonchev–Trinajstić information content (AvgIpc) is 2.81. The van der Waals surface area contributed by atoms with E-state index < -0.39 is 17.7 Å². The first kappa shape index (κ1) is 26.2. The lowest BCUT2D eigenvalue weighted by Crippen LogP contribution is -2.36. The molecule has 2 aromatic rings. The molecule has 1 atom stereocenters. The fraction of sp³-hybridized carbons (Fsp3) is 0.364. The highest BCUT2D eigenvalue weighted by Crippen LogP contribution is 2.42. The maximum Gasteiger partial charge on any atom is 0.276 e. The SMILES string of the molecule is CCOc1ccc(N=NC(C(C)=O)C(=O)N(Cl)c2ccc(OC)cc2OC)c(OCC)c1Cl. The van der Waals surface area contributed by atoms with Crippen LogP contribution < -0.4 is 23.4 Å². The van der Waals surface area contributed by atoms with Crippen LogP contribution in [0.15, 0.2) is 40.6 Å². The Hall–Kier alpha value is -3.04. The molecule has 0 aliphatic heterocycles. The van der Waals surface area contributed by atoms with Gasteiger partial charge in [0.2, 0.25) is 6.04 Å². The van der Waals surface area contributed by atoms with Gasteiger partial charge >= 0.3 is 0 Å². The summed E-state index contributed by atoms with van der Waals surface area (Å²) in [6.45, 7) is 5.53. The molecule has 1 unspecified atom stereocenters. The molecule has 0 aliphatic rings. The van der Waals surface area contributed by atoms with E-state index in [2.05, 4.69) is 10.2 Å². The van der Waals surface area contributed by atoms with Crippen molar-refractivity contribution in [1.29, 1.82) is 0 Å². The minimum Gasteiger partial charge on any atom is -0.497 e. The fourth-order valence-electron chi connectivity index (χ4n) is 2.75. The summed E-state index contributed by atoms with van der Waals surface area (Å²) < 4.78 is 22.2. The lowest BCUT2D eigenvalue weighted by Gasteiger charge is -2.19. The summed E-state index contributed by atoms with van der Waals surface area (Å²) in [4.78, 5) is 25.2. The second-order valence-electron chi connectivity index (χ2n) is 6.48. The minimum atomic E-state index is -1.51. The van der Waals surface area contributed by atoms with Gasteiger partial charge < -0.3 is 18.9 Å². The number of hydrogen-bond acceptors (Lipinski definition) is 8. The van der Waals surface area contributed by atoms with Crippen LogP contribution >= 0.6 is 23.4 Å². The third-order valence-electron chi connectivity index (χ3n) is 4.32. The summed E-state index contributed by atoms with van der Waals surface area (Å²) >= 11 is 12.6. The van der Waals surface area contributed by atoms with Crippen molar-refractivity contribution in [1.82, 2.24) is 0 Å². The van der Waals surface area contributed by atoms with Crippen LogP contribution in [-0.2, 0) is 9.59 Å². The van der Waals surface area contributed by atoms with E-state index in [1.54, 1.807) is 31.2 Å². The lowest BCUT2D eigenvalue weighted by molar-refractivity contribution is -0.126. The molecular weight excluding hydrogens is 473 g/mol. The van der Waals surface area contributed by atoms with Gasteiger partial charge in [0.05, 0.1) is 27.4 Å². The van der Waals surface area contributed by atoms with E-state index in [4.69, 9.17) is 42.3 Å². The third-order valence-corrected chi connectivity index (χ3v) is 5.03. The van der Waals surface area contributed by atoms with Crippen LogP contribution in [0.1, 0.15) is 20.8 Å². The molecule has 1 amide bonds. The molecule has 0 heterocycles. The Morgan fingerprint density at radius 3 is 2.30 bits per heavy atom. The zero-order valence-corrected chi connectivity index (χ0v) is 20.4. The molecular formula is C22H25Cl2N3O6. The van der Waals surface area contributed by atoms with Crippen LogP contribution in [0.3, 0.4) is 0 Å². The van der Waals surface area contributed by atoms with Crippen molar-refractivity contribution in [2.24, 2.45) is 10.2 Å². The second kappa shape index (κ2) is 12.3. The topological polar surface area (TPSA) is 99.0 Å². The number of methoxy groups -OCH3 is 2. The third kappa shape index (κ3) is 6.27. The highest BCUT2D eigenvalue weighted by Gasteiger charge is 2.30. The Bertz CT molecular complexity index is 1030. The maximum absolute atomic E-state index is 13.0. The van der Waals surface area contributed by atoms with E-state index >= 15 is 0 Å². The summed E-state index contributed by atoms with van der Waals surface area (Å²) in [5, 5.41) is 8.21. The van der Waals surface area contributed by atoms with Gasteiger partial charge in [0.15, 0.2) is 11.5 Å². The summed E-state index contributed by atoms with van der Waals surface area (Å²) in [5.74, 6) is 0.0475. The molecule has 2 rings (SSSR count). The van der Waals surface area contributed by atoms with Crippen molar-refractivity contribution in [3.63, 3.8) is 0 Å². The van der Waals surface area contributed by atoms with Crippen LogP contribution in [0.2, 0.25) is 5.02 Å². The smallest absolute Gasteiger partial charge is 0.276 e. The molecule has 0 fully saturated rings. The fourth-order valence-corrected chi connectivity index (χ4v) is 3.25. The number of anilines is 1. The van der Waals surface area contributed by atoms with Gasteiger partial charge in [-0.2, -0.15) is 10.2 Å². The predicted octanol–water partition coefficient (Wildman–Crippen LogP) is 5.38. The Morgan fingerprint density at radius 2 is 1.73 bits per heavy atom. The largest absolute Gasteiger partial charge is 0.497 e. The number of nitrogens with zero attached hydrogens (tertiary/aromatic N) is 3. The molecule has 9 nitrogen and oxygen atoms in total. The zero-order valence-electron chi connectivity index (χ0n) is 18.9. The first-order valence-electron chi connectivity index (χ1n) is 10.00. The molecule has 0 bridgehead atoms. The van der Waals surface area contributed by atoms with Gasteiger partial charge in [0.1, 0.15) is 33.6 Å². The Labute approximate surface area is 202 Å². The van der Waals surface area contributed by atoms with E-state index in [-0.39, 0.29) is 27.9 Å². The van der Waals surface area contributed by atoms with Crippen molar-refractivity contribution in [2.45, 2.75) is 26.8 Å². The number of ketones is 1. The van der Waals surface area contributed by atoms with E-state index in [1.165, 1.54) is 27.2 Å². The van der Waals surface area contributed by atoms with Crippen molar-refractivity contribution in [3.05, 3.63) is 35.4 Å². The molecule has 0 radical (unpaired) electrons. The monoisotopic (exact) mass is 497 g/mol. The minimum absolute atomic E-state index is 0.211.